The normalized spacial score (nSPS) is 25.2. The summed E-state index contributed by atoms with van der Waals surface area (Å²) in [6.45, 7) is 1.05. The zero-order valence-corrected chi connectivity index (χ0v) is 12.8. The minimum absolute atomic E-state index is 0.102. The fraction of sp³-hybridized carbons (Fsp3) is 1.00. The summed E-state index contributed by atoms with van der Waals surface area (Å²) in [5.74, 6) is -0.410. The van der Waals surface area contributed by atoms with Gasteiger partial charge in [-0.05, 0) is 32.1 Å². The Bertz CT molecular complexity index is 435. The maximum atomic E-state index is 12.3. The monoisotopic (exact) mass is 328 g/mol. The Morgan fingerprint density at radius 2 is 1.86 bits per heavy atom. The minimum atomic E-state index is -4.29. The molecule has 0 bridgehead atoms. The topological polar surface area (TPSA) is 49.4 Å². The van der Waals surface area contributed by atoms with Gasteiger partial charge in [0.15, 0.2) is 0 Å². The van der Waals surface area contributed by atoms with Crippen molar-refractivity contribution in [3.8, 4) is 0 Å². The van der Waals surface area contributed by atoms with E-state index in [1.54, 1.807) is 0 Å². The van der Waals surface area contributed by atoms with Crippen LogP contribution in [-0.4, -0.2) is 49.8 Å². The van der Waals surface area contributed by atoms with Crippen LogP contribution in [0.15, 0.2) is 0 Å². The SMILES string of the molecule is O=S(=O)(CCCC(F)(F)F)N1CCCCC1CNC1CC1. The van der Waals surface area contributed by atoms with Gasteiger partial charge in [0.25, 0.3) is 0 Å². The molecule has 1 saturated heterocycles. The molecular formula is C13H23F3N2O2S. The Labute approximate surface area is 124 Å². The lowest BCUT2D eigenvalue weighted by Gasteiger charge is -2.35. The van der Waals surface area contributed by atoms with Crippen LogP contribution in [0.2, 0.25) is 0 Å². The van der Waals surface area contributed by atoms with Crippen LogP contribution in [0.25, 0.3) is 0 Å². The highest BCUT2D eigenvalue weighted by atomic mass is 32.2. The summed E-state index contributed by atoms with van der Waals surface area (Å²) in [5, 5.41) is 3.32. The first-order valence-electron chi connectivity index (χ1n) is 7.57. The number of nitrogens with zero attached hydrogens (tertiary/aromatic N) is 1. The van der Waals surface area contributed by atoms with E-state index < -0.39 is 28.4 Å². The predicted molar refractivity (Wildman–Crippen MR) is 74.4 cm³/mol. The molecule has 4 nitrogen and oxygen atoms in total. The highest BCUT2D eigenvalue weighted by molar-refractivity contribution is 7.89. The van der Waals surface area contributed by atoms with Crippen molar-refractivity contribution in [3.63, 3.8) is 0 Å². The van der Waals surface area contributed by atoms with E-state index >= 15 is 0 Å². The van der Waals surface area contributed by atoms with E-state index in [9.17, 15) is 21.6 Å². The van der Waals surface area contributed by atoms with Crippen molar-refractivity contribution in [2.45, 2.75) is 63.2 Å². The van der Waals surface area contributed by atoms with Crippen molar-refractivity contribution in [1.29, 1.82) is 0 Å². The second kappa shape index (κ2) is 6.83. The highest BCUT2D eigenvalue weighted by Crippen LogP contribution is 2.25. The van der Waals surface area contributed by atoms with Crippen molar-refractivity contribution >= 4 is 10.0 Å². The Kier molecular flexibility index (Phi) is 5.54. The van der Waals surface area contributed by atoms with Crippen molar-refractivity contribution in [1.82, 2.24) is 9.62 Å². The third-order valence-electron chi connectivity index (χ3n) is 4.01. The van der Waals surface area contributed by atoms with E-state index in [-0.39, 0.29) is 12.5 Å². The molecule has 124 valence electrons. The lowest BCUT2D eigenvalue weighted by molar-refractivity contribution is -0.134. The number of rotatable bonds is 7. The Hall–Kier alpha value is -0.340. The van der Waals surface area contributed by atoms with Crippen LogP contribution in [0.3, 0.4) is 0 Å². The quantitative estimate of drug-likeness (QED) is 0.780. The molecule has 0 radical (unpaired) electrons. The van der Waals surface area contributed by atoms with Crippen molar-refractivity contribution in [2.24, 2.45) is 0 Å². The first kappa shape index (κ1) is 17.0. The molecule has 1 aliphatic carbocycles. The van der Waals surface area contributed by atoms with Crippen LogP contribution in [0.1, 0.15) is 44.9 Å². The number of sulfonamides is 1. The molecule has 0 amide bonds. The van der Waals surface area contributed by atoms with Crippen LogP contribution >= 0.6 is 0 Å². The van der Waals surface area contributed by atoms with Crippen molar-refractivity contribution in [2.75, 3.05) is 18.8 Å². The molecule has 2 aliphatic rings. The third kappa shape index (κ3) is 5.75. The minimum Gasteiger partial charge on any atom is -0.312 e. The lowest BCUT2D eigenvalue weighted by Crippen LogP contribution is -2.49. The largest absolute Gasteiger partial charge is 0.389 e. The molecule has 1 N–H and O–H groups in total. The molecule has 0 aromatic heterocycles. The number of nitrogens with one attached hydrogen (secondary N) is 1. The maximum absolute atomic E-state index is 12.3. The average molecular weight is 328 g/mol. The summed E-state index contributed by atoms with van der Waals surface area (Å²) in [4.78, 5) is 0. The van der Waals surface area contributed by atoms with E-state index in [1.807, 2.05) is 0 Å². The summed E-state index contributed by atoms with van der Waals surface area (Å²) in [6, 6.07) is 0.400. The molecule has 0 aromatic rings. The molecule has 1 atom stereocenters. The molecule has 0 aromatic carbocycles. The van der Waals surface area contributed by atoms with E-state index in [1.165, 1.54) is 4.31 Å². The van der Waals surface area contributed by atoms with E-state index in [0.717, 1.165) is 32.1 Å². The number of alkyl halides is 3. The molecule has 8 heteroatoms. The smallest absolute Gasteiger partial charge is 0.312 e. The van der Waals surface area contributed by atoms with Crippen molar-refractivity contribution < 1.29 is 21.6 Å². The molecular weight excluding hydrogens is 305 g/mol. The van der Waals surface area contributed by atoms with Crippen LogP contribution in [0.4, 0.5) is 13.2 Å². The molecule has 1 aliphatic heterocycles. The first-order valence-corrected chi connectivity index (χ1v) is 9.18. The van der Waals surface area contributed by atoms with Gasteiger partial charge in [-0.25, -0.2) is 8.42 Å². The standard InChI is InChI=1S/C13H23F3N2O2S/c14-13(15,16)7-3-9-21(19,20)18-8-2-1-4-12(18)10-17-11-5-6-11/h11-12,17H,1-10H2. The maximum Gasteiger partial charge on any atom is 0.389 e. The Morgan fingerprint density at radius 3 is 2.48 bits per heavy atom. The molecule has 1 saturated carbocycles. The number of halogens is 3. The Balaban J connectivity index is 1.87. The van der Waals surface area contributed by atoms with Gasteiger partial charge >= 0.3 is 6.18 Å². The van der Waals surface area contributed by atoms with Gasteiger partial charge in [0.1, 0.15) is 0 Å². The van der Waals surface area contributed by atoms with E-state index in [2.05, 4.69) is 5.32 Å². The van der Waals surface area contributed by atoms with E-state index in [0.29, 0.717) is 19.1 Å². The van der Waals surface area contributed by atoms with Crippen LogP contribution in [0, 0.1) is 0 Å². The van der Waals surface area contributed by atoms with Gasteiger partial charge in [-0.15, -0.1) is 0 Å². The van der Waals surface area contributed by atoms with Gasteiger partial charge in [-0.2, -0.15) is 17.5 Å². The number of hydrogen-bond donors (Lipinski definition) is 1. The molecule has 0 spiro atoms. The summed E-state index contributed by atoms with van der Waals surface area (Å²) in [6.07, 6.45) is -0.862. The summed E-state index contributed by atoms with van der Waals surface area (Å²) in [5.41, 5.74) is 0. The Morgan fingerprint density at radius 1 is 1.14 bits per heavy atom. The summed E-state index contributed by atoms with van der Waals surface area (Å²) < 4.78 is 62.4. The number of piperidine rings is 1. The zero-order valence-electron chi connectivity index (χ0n) is 12.0. The van der Waals surface area contributed by atoms with Crippen molar-refractivity contribution in [3.05, 3.63) is 0 Å². The predicted octanol–water partition coefficient (Wildman–Crippen LogP) is 2.27. The first-order chi connectivity index (χ1) is 9.78. The lowest BCUT2D eigenvalue weighted by atomic mass is 10.1. The second-order valence-electron chi connectivity index (χ2n) is 5.98. The van der Waals surface area contributed by atoms with Gasteiger partial charge in [-0.3, -0.25) is 0 Å². The fourth-order valence-electron chi connectivity index (χ4n) is 2.71. The van der Waals surface area contributed by atoms with Gasteiger partial charge in [0, 0.05) is 31.6 Å². The van der Waals surface area contributed by atoms with Gasteiger partial charge in [-0.1, -0.05) is 6.42 Å². The molecule has 1 unspecified atom stereocenters. The molecule has 2 rings (SSSR count). The highest BCUT2D eigenvalue weighted by Gasteiger charge is 2.34. The summed E-state index contributed by atoms with van der Waals surface area (Å²) in [7, 11) is -3.59. The van der Waals surface area contributed by atoms with E-state index in [4.69, 9.17) is 0 Å². The molecule has 21 heavy (non-hydrogen) atoms. The van der Waals surface area contributed by atoms with Crippen LogP contribution < -0.4 is 5.32 Å². The van der Waals surface area contributed by atoms with Gasteiger partial charge in [0.2, 0.25) is 10.0 Å². The average Bonchev–Trinajstić information content (AvgIpc) is 3.19. The zero-order chi connectivity index (χ0) is 15.5. The van der Waals surface area contributed by atoms with Gasteiger partial charge < -0.3 is 5.32 Å². The van der Waals surface area contributed by atoms with Crippen LogP contribution in [0.5, 0.6) is 0 Å². The third-order valence-corrected chi connectivity index (χ3v) is 6.01. The van der Waals surface area contributed by atoms with Gasteiger partial charge in [0.05, 0.1) is 5.75 Å². The second-order valence-corrected chi connectivity index (χ2v) is 8.02. The fourth-order valence-corrected chi connectivity index (χ4v) is 4.49. The molecule has 1 heterocycles. The van der Waals surface area contributed by atoms with Crippen LogP contribution in [-0.2, 0) is 10.0 Å². The number of hydrogen-bond acceptors (Lipinski definition) is 3. The summed E-state index contributed by atoms with van der Waals surface area (Å²) >= 11 is 0. The molecule has 2 fully saturated rings.